The third-order valence-corrected chi connectivity index (χ3v) is 9.72. The van der Waals surface area contributed by atoms with E-state index in [1.54, 1.807) is 26.2 Å². The van der Waals surface area contributed by atoms with E-state index in [0.717, 1.165) is 30.4 Å². The van der Waals surface area contributed by atoms with Crippen molar-refractivity contribution in [2.24, 2.45) is 23.5 Å². The molecule has 0 radical (unpaired) electrons. The molecule has 3 aromatic rings. The van der Waals surface area contributed by atoms with Crippen molar-refractivity contribution in [2.45, 2.75) is 57.1 Å². The number of hydrogen-bond acceptors (Lipinski definition) is 8. The van der Waals surface area contributed by atoms with Crippen molar-refractivity contribution < 1.29 is 28.6 Å². The predicted octanol–water partition coefficient (Wildman–Crippen LogP) is 3.95. The number of rotatable bonds is 6. The third-order valence-electron chi connectivity index (χ3n) is 9.72. The van der Waals surface area contributed by atoms with Gasteiger partial charge in [0.25, 0.3) is 0 Å². The highest BCUT2D eigenvalue weighted by molar-refractivity contribution is 5.96. The van der Waals surface area contributed by atoms with E-state index in [2.05, 4.69) is 5.32 Å². The number of amides is 3. The maximum absolute atomic E-state index is 13.9. The molecule has 2 aromatic carbocycles. The molecule has 46 heavy (non-hydrogen) atoms. The fourth-order valence-electron chi connectivity index (χ4n) is 6.86. The third kappa shape index (κ3) is 5.86. The number of primary amides is 1. The zero-order chi connectivity index (χ0) is 32.6. The molecule has 5 atom stereocenters. The van der Waals surface area contributed by atoms with Crippen LogP contribution in [0, 0.1) is 24.7 Å². The van der Waals surface area contributed by atoms with Crippen molar-refractivity contribution in [3.05, 3.63) is 54.1 Å². The number of carbonyl (C=O) groups is 3. The molecule has 11 heteroatoms. The van der Waals surface area contributed by atoms with Crippen molar-refractivity contribution in [2.75, 3.05) is 27.8 Å². The summed E-state index contributed by atoms with van der Waals surface area (Å²) in [5, 5.41) is 3.66. The van der Waals surface area contributed by atoms with Gasteiger partial charge in [0.1, 0.15) is 23.1 Å². The number of fused-ring (bicyclic) bond motifs is 3. The van der Waals surface area contributed by atoms with Crippen LogP contribution in [0.4, 0.5) is 0 Å². The average Bonchev–Trinajstić information content (AvgIpc) is 3.59. The molecule has 2 saturated carbocycles. The van der Waals surface area contributed by atoms with Crippen LogP contribution in [0.1, 0.15) is 44.1 Å². The number of benzene rings is 2. The van der Waals surface area contributed by atoms with E-state index in [0.29, 0.717) is 53.5 Å². The van der Waals surface area contributed by atoms with Crippen LogP contribution in [0.2, 0.25) is 0 Å². The summed E-state index contributed by atoms with van der Waals surface area (Å²) in [4.78, 5) is 51.6. The summed E-state index contributed by atoms with van der Waals surface area (Å²) >= 11 is 0. The molecule has 1 aliphatic heterocycles. The van der Waals surface area contributed by atoms with Crippen molar-refractivity contribution in [3.63, 3.8) is 0 Å². The SMILES string of the molecule is COc1ccc(-c2nc(OC3CC4C(=O)NC5(C(N)=O)CC5C=CCCCCN(C)C(=O)C4C3)c3ccc(OC)c(C)c3n2)cc1. The Kier molecular flexibility index (Phi) is 8.59. The number of ether oxygens (including phenoxy) is 3. The molecule has 0 bridgehead atoms. The second-order valence-electron chi connectivity index (χ2n) is 12.6. The molecular weight excluding hydrogens is 586 g/mol. The van der Waals surface area contributed by atoms with Crippen LogP contribution in [0.15, 0.2) is 48.6 Å². The lowest BCUT2D eigenvalue weighted by atomic mass is 9.93. The highest BCUT2D eigenvalue weighted by atomic mass is 16.5. The van der Waals surface area contributed by atoms with Crippen LogP contribution in [0.3, 0.4) is 0 Å². The Morgan fingerprint density at radius 3 is 2.50 bits per heavy atom. The lowest BCUT2D eigenvalue weighted by molar-refractivity contribution is -0.140. The van der Waals surface area contributed by atoms with Crippen LogP contribution in [-0.4, -0.2) is 72.0 Å². The summed E-state index contributed by atoms with van der Waals surface area (Å²) in [6.45, 7) is 2.53. The van der Waals surface area contributed by atoms with Crippen LogP contribution < -0.4 is 25.3 Å². The van der Waals surface area contributed by atoms with Gasteiger partial charge in [-0.05, 0) is 81.8 Å². The molecule has 2 aliphatic carbocycles. The minimum Gasteiger partial charge on any atom is -0.497 e. The van der Waals surface area contributed by atoms with E-state index in [1.165, 1.54) is 0 Å². The van der Waals surface area contributed by atoms with Crippen LogP contribution in [-0.2, 0) is 14.4 Å². The van der Waals surface area contributed by atoms with Crippen molar-refractivity contribution in [3.8, 4) is 28.8 Å². The van der Waals surface area contributed by atoms with Crippen molar-refractivity contribution in [1.29, 1.82) is 0 Å². The quantitative estimate of drug-likeness (QED) is 0.391. The topological polar surface area (TPSA) is 146 Å². The number of aromatic nitrogens is 2. The Bertz CT molecular complexity index is 1690. The second-order valence-corrected chi connectivity index (χ2v) is 12.6. The van der Waals surface area contributed by atoms with Crippen LogP contribution >= 0.6 is 0 Å². The number of nitrogens with one attached hydrogen (secondary N) is 1. The number of allylic oxidation sites excluding steroid dienone is 1. The van der Waals surface area contributed by atoms with Gasteiger partial charge in [0.2, 0.25) is 23.6 Å². The van der Waals surface area contributed by atoms with Gasteiger partial charge in [-0.3, -0.25) is 14.4 Å². The molecule has 3 amide bonds. The summed E-state index contributed by atoms with van der Waals surface area (Å²) < 4.78 is 17.5. The Balaban J connectivity index is 1.35. The molecular formula is C35H41N5O6. The summed E-state index contributed by atoms with van der Waals surface area (Å²) in [6.07, 6.45) is 7.19. The Morgan fingerprint density at radius 2 is 1.78 bits per heavy atom. The van der Waals surface area contributed by atoms with E-state index in [9.17, 15) is 14.4 Å². The number of hydrogen-bond donors (Lipinski definition) is 2. The normalized spacial score (nSPS) is 26.5. The Morgan fingerprint density at radius 1 is 1.02 bits per heavy atom. The second kappa shape index (κ2) is 12.6. The largest absolute Gasteiger partial charge is 0.497 e. The summed E-state index contributed by atoms with van der Waals surface area (Å²) in [5.74, 6) is -0.256. The zero-order valence-electron chi connectivity index (χ0n) is 26.7. The van der Waals surface area contributed by atoms with E-state index in [-0.39, 0.29) is 24.2 Å². The number of nitrogens with zero attached hydrogens (tertiary/aromatic N) is 3. The molecule has 0 spiro atoms. The maximum atomic E-state index is 13.9. The van der Waals surface area contributed by atoms with Gasteiger partial charge in [-0.15, -0.1) is 0 Å². The van der Waals surface area contributed by atoms with E-state index < -0.39 is 29.4 Å². The van der Waals surface area contributed by atoms with Gasteiger partial charge in [-0.2, -0.15) is 4.98 Å². The van der Waals surface area contributed by atoms with E-state index in [4.69, 9.17) is 29.9 Å². The van der Waals surface area contributed by atoms with Crippen LogP contribution in [0.25, 0.3) is 22.3 Å². The first-order chi connectivity index (χ1) is 22.1. The van der Waals surface area contributed by atoms with Gasteiger partial charge in [-0.1, -0.05) is 12.2 Å². The van der Waals surface area contributed by atoms with Gasteiger partial charge in [-0.25, -0.2) is 4.98 Å². The molecule has 2 fully saturated rings. The first-order valence-electron chi connectivity index (χ1n) is 15.8. The molecule has 3 aliphatic rings. The summed E-state index contributed by atoms with van der Waals surface area (Å²) in [7, 11) is 5.00. The van der Waals surface area contributed by atoms with Gasteiger partial charge in [0.05, 0.1) is 37.0 Å². The fourth-order valence-corrected chi connectivity index (χ4v) is 6.86. The summed E-state index contributed by atoms with van der Waals surface area (Å²) in [6, 6.07) is 11.2. The predicted molar refractivity (Wildman–Crippen MR) is 172 cm³/mol. The number of carbonyl (C=O) groups excluding carboxylic acids is 3. The Labute approximate surface area is 268 Å². The number of nitrogens with two attached hydrogens (primary N) is 1. The van der Waals surface area contributed by atoms with Gasteiger partial charge in [0.15, 0.2) is 5.82 Å². The molecule has 11 nitrogen and oxygen atoms in total. The smallest absolute Gasteiger partial charge is 0.243 e. The summed E-state index contributed by atoms with van der Waals surface area (Å²) in [5.41, 5.74) is 6.97. The first kappa shape index (κ1) is 31.3. The average molecular weight is 628 g/mol. The first-order valence-corrected chi connectivity index (χ1v) is 15.8. The lowest BCUT2D eigenvalue weighted by Crippen LogP contribution is -2.51. The van der Waals surface area contributed by atoms with Gasteiger partial charge < -0.3 is 30.2 Å². The molecule has 3 N–H and O–H groups in total. The van der Waals surface area contributed by atoms with Crippen molar-refractivity contribution in [1.82, 2.24) is 20.2 Å². The molecule has 0 saturated heterocycles. The lowest BCUT2D eigenvalue weighted by Gasteiger charge is -2.26. The molecule has 242 valence electrons. The zero-order valence-corrected chi connectivity index (χ0v) is 26.7. The Hall–Kier alpha value is -4.67. The minimum absolute atomic E-state index is 0.105. The standard InChI is InChI=1S/C35H41N5O6/c1-20-28(45-4)15-14-25-29(20)37-30(21-10-12-23(44-3)13-11-21)38-32(25)46-24-17-26-27(18-24)33(42)40(2)16-8-6-5-7-9-22-19-35(22,34(36)43)39-31(26)41/h7,9-15,22,24,26-27H,5-6,8,16-19H2,1-4H3,(H2,36,43)(H,39,41). The fraction of sp³-hybridized carbons (Fsp3) is 0.457. The van der Waals surface area contributed by atoms with Crippen LogP contribution in [0.5, 0.6) is 17.4 Å². The highest BCUT2D eigenvalue weighted by Gasteiger charge is 2.60. The molecule has 5 unspecified atom stereocenters. The van der Waals surface area contributed by atoms with Gasteiger partial charge in [0, 0.05) is 30.6 Å². The molecule has 2 heterocycles. The van der Waals surface area contributed by atoms with Gasteiger partial charge >= 0.3 is 0 Å². The van der Waals surface area contributed by atoms with E-state index in [1.807, 2.05) is 55.5 Å². The number of methoxy groups -OCH3 is 2. The molecule has 6 rings (SSSR count). The maximum Gasteiger partial charge on any atom is 0.243 e. The monoisotopic (exact) mass is 627 g/mol. The number of aryl methyl sites for hydroxylation is 1. The van der Waals surface area contributed by atoms with Crippen molar-refractivity contribution >= 4 is 28.6 Å². The molecule has 1 aromatic heterocycles. The highest BCUT2D eigenvalue weighted by Crippen LogP contribution is 2.46. The minimum atomic E-state index is -1.12. The van der Waals surface area contributed by atoms with E-state index >= 15 is 0 Å².